The average molecular weight is 371 g/mol. The number of amides is 2. The minimum Gasteiger partial charge on any atom is -0.350 e. The zero-order valence-corrected chi connectivity index (χ0v) is 15.0. The summed E-state index contributed by atoms with van der Waals surface area (Å²) in [5.41, 5.74) is 0.755. The Kier molecular flexibility index (Phi) is 8.12. The van der Waals surface area contributed by atoms with Crippen LogP contribution in [-0.4, -0.2) is 39.0 Å². The Labute approximate surface area is 140 Å². The van der Waals surface area contributed by atoms with Crippen molar-refractivity contribution in [2.45, 2.75) is 19.8 Å². The van der Waals surface area contributed by atoms with Crippen molar-refractivity contribution in [2.75, 3.05) is 32.5 Å². The molecule has 0 aromatic heterocycles. The number of nitrogens with one attached hydrogen (secondary N) is 3. The number of benzene rings is 1. The highest BCUT2D eigenvalue weighted by molar-refractivity contribution is 9.10. The average Bonchev–Trinajstić information content (AvgIpc) is 2.37. The van der Waals surface area contributed by atoms with Gasteiger partial charge in [-0.2, -0.15) is 0 Å². The van der Waals surface area contributed by atoms with Crippen LogP contribution in [-0.2, 0) is 9.59 Å². The van der Waals surface area contributed by atoms with E-state index in [0.29, 0.717) is 19.4 Å². The molecule has 22 heavy (non-hydrogen) atoms. The fourth-order valence-electron chi connectivity index (χ4n) is 2.01. The van der Waals surface area contributed by atoms with Crippen molar-refractivity contribution in [1.82, 2.24) is 5.32 Å². The molecular weight excluding hydrogens is 346 g/mol. The first kappa shape index (κ1) is 18.6. The third-order valence-electron chi connectivity index (χ3n) is 3.12. The van der Waals surface area contributed by atoms with E-state index in [0.717, 1.165) is 16.7 Å². The molecule has 3 N–H and O–H groups in total. The quantitative estimate of drug-likeness (QED) is 0.640. The van der Waals surface area contributed by atoms with Crippen LogP contribution in [0.3, 0.4) is 0 Å². The molecule has 0 radical (unpaired) electrons. The largest absolute Gasteiger partial charge is 0.350 e. The fraction of sp³-hybridized carbons (Fsp3) is 0.500. The Hall–Kier alpha value is -1.40. The lowest BCUT2D eigenvalue weighted by molar-refractivity contribution is -0.856. The highest BCUT2D eigenvalue weighted by Crippen LogP contribution is 2.16. The Morgan fingerprint density at radius 1 is 1.23 bits per heavy atom. The minimum absolute atomic E-state index is 0.00371. The predicted octanol–water partition coefficient (Wildman–Crippen LogP) is 1.06. The maximum atomic E-state index is 12.0. The second kappa shape index (κ2) is 9.58. The lowest BCUT2D eigenvalue weighted by Gasteiger charge is -2.13. The Morgan fingerprint density at radius 3 is 2.55 bits per heavy atom. The molecule has 2 amide bonds. The fourth-order valence-corrected chi connectivity index (χ4v) is 2.41. The van der Waals surface area contributed by atoms with Crippen LogP contribution < -0.4 is 15.5 Å². The van der Waals surface area contributed by atoms with E-state index in [1.807, 2.05) is 45.3 Å². The third-order valence-corrected chi connectivity index (χ3v) is 3.62. The van der Waals surface area contributed by atoms with Gasteiger partial charge in [0.2, 0.25) is 11.8 Å². The van der Waals surface area contributed by atoms with Gasteiger partial charge in [-0.05, 0) is 24.1 Å². The van der Waals surface area contributed by atoms with Gasteiger partial charge in [0, 0.05) is 23.0 Å². The summed E-state index contributed by atoms with van der Waals surface area (Å²) in [5, 5.41) is 5.72. The summed E-state index contributed by atoms with van der Waals surface area (Å²) < 4.78 is 0.917. The number of carbonyl (C=O) groups is 2. The standard InChI is InChI=1S/C16H24BrN3O2/c1-12(9-15(21)18-7-8-20(2)3)10-16(22)19-14-6-4-5-13(17)11-14/h4-6,11-12H,7-10H2,1-3H3,(H,18,21)(H,19,22)/p+1/t12-/m0/s1. The summed E-state index contributed by atoms with van der Waals surface area (Å²) in [6, 6.07) is 7.45. The molecule has 122 valence electrons. The van der Waals surface area contributed by atoms with E-state index >= 15 is 0 Å². The molecule has 0 fully saturated rings. The van der Waals surface area contributed by atoms with E-state index in [1.54, 1.807) is 0 Å². The second-order valence-corrected chi connectivity index (χ2v) is 6.79. The van der Waals surface area contributed by atoms with Crippen molar-refractivity contribution in [2.24, 2.45) is 5.92 Å². The minimum atomic E-state index is -0.0730. The Bertz CT molecular complexity index is 506. The van der Waals surface area contributed by atoms with Gasteiger partial charge in [0.15, 0.2) is 0 Å². The van der Waals surface area contributed by atoms with Crippen LogP contribution in [0.1, 0.15) is 19.8 Å². The molecule has 0 spiro atoms. The highest BCUT2D eigenvalue weighted by atomic mass is 79.9. The van der Waals surface area contributed by atoms with E-state index in [4.69, 9.17) is 0 Å². The van der Waals surface area contributed by atoms with Crippen LogP contribution in [0.4, 0.5) is 5.69 Å². The van der Waals surface area contributed by atoms with Gasteiger partial charge in [0.1, 0.15) is 0 Å². The lowest BCUT2D eigenvalue weighted by Crippen LogP contribution is -3.06. The molecule has 6 heteroatoms. The number of hydrogen-bond acceptors (Lipinski definition) is 2. The van der Waals surface area contributed by atoms with Crippen molar-refractivity contribution < 1.29 is 14.5 Å². The Morgan fingerprint density at radius 2 is 1.91 bits per heavy atom. The molecule has 0 aliphatic rings. The van der Waals surface area contributed by atoms with Crippen LogP contribution in [0, 0.1) is 5.92 Å². The molecular formula is C16H25BrN3O2+. The normalized spacial score (nSPS) is 12.0. The number of hydrogen-bond donors (Lipinski definition) is 3. The topological polar surface area (TPSA) is 62.6 Å². The first-order valence-electron chi connectivity index (χ1n) is 7.48. The third kappa shape index (κ3) is 8.14. The van der Waals surface area contributed by atoms with Crippen molar-refractivity contribution in [3.8, 4) is 0 Å². The molecule has 0 heterocycles. The first-order chi connectivity index (χ1) is 10.4. The molecule has 0 bridgehead atoms. The summed E-state index contributed by atoms with van der Waals surface area (Å²) >= 11 is 3.36. The van der Waals surface area contributed by atoms with Crippen LogP contribution in [0.15, 0.2) is 28.7 Å². The molecule has 0 saturated carbocycles. The predicted molar refractivity (Wildman–Crippen MR) is 91.9 cm³/mol. The number of likely N-dealkylation sites (N-methyl/N-ethyl adjacent to an activating group) is 1. The molecule has 0 aliphatic carbocycles. The maximum absolute atomic E-state index is 12.0. The van der Waals surface area contributed by atoms with Gasteiger partial charge < -0.3 is 15.5 Å². The zero-order chi connectivity index (χ0) is 16.5. The van der Waals surface area contributed by atoms with Gasteiger partial charge >= 0.3 is 0 Å². The highest BCUT2D eigenvalue weighted by Gasteiger charge is 2.13. The SMILES string of the molecule is C[C@@H](CC(=O)NCC[NH+](C)C)CC(=O)Nc1cccc(Br)c1. The van der Waals surface area contributed by atoms with Gasteiger partial charge in [-0.15, -0.1) is 0 Å². The molecule has 1 atom stereocenters. The van der Waals surface area contributed by atoms with E-state index in [1.165, 1.54) is 4.90 Å². The lowest BCUT2D eigenvalue weighted by atomic mass is 10.0. The van der Waals surface area contributed by atoms with Gasteiger partial charge in [0.25, 0.3) is 0 Å². The van der Waals surface area contributed by atoms with E-state index in [9.17, 15) is 9.59 Å². The van der Waals surface area contributed by atoms with Crippen molar-refractivity contribution in [3.05, 3.63) is 28.7 Å². The molecule has 0 aliphatic heterocycles. The molecule has 0 saturated heterocycles. The van der Waals surface area contributed by atoms with Gasteiger partial charge in [-0.1, -0.05) is 28.9 Å². The van der Waals surface area contributed by atoms with Crippen molar-refractivity contribution in [1.29, 1.82) is 0 Å². The molecule has 0 unspecified atom stereocenters. The first-order valence-corrected chi connectivity index (χ1v) is 8.27. The van der Waals surface area contributed by atoms with Gasteiger partial charge in [-0.3, -0.25) is 9.59 Å². The zero-order valence-electron chi connectivity index (χ0n) is 13.4. The maximum Gasteiger partial charge on any atom is 0.224 e. The van der Waals surface area contributed by atoms with E-state index in [-0.39, 0.29) is 17.7 Å². The van der Waals surface area contributed by atoms with Crippen molar-refractivity contribution >= 4 is 33.4 Å². The number of quaternary nitrogens is 1. The number of halogens is 1. The second-order valence-electron chi connectivity index (χ2n) is 5.88. The molecule has 1 aromatic rings. The van der Waals surface area contributed by atoms with Crippen LogP contribution in [0.25, 0.3) is 0 Å². The smallest absolute Gasteiger partial charge is 0.224 e. The summed E-state index contributed by atoms with van der Waals surface area (Å²) in [7, 11) is 4.09. The van der Waals surface area contributed by atoms with Gasteiger partial charge in [0.05, 0.1) is 27.2 Å². The summed E-state index contributed by atoms with van der Waals surface area (Å²) in [6.07, 6.45) is 0.702. The molecule has 1 rings (SSSR count). The molecule has 1 aromatic carbocycles. The summed E-state index contributed by atoms with van der Waals surface area (Å²) in [4.78, 5) is 25.0. The number of anilines is 1. The number of carbonyl (C=O) groups excluding carboxylic acids is 2. The summed E-state index contributed by atoms with van der Waals surface area (Å²) in [5.74, 6) is -0.0565. The van der Waals surface area contributed by atoms with Crippen LogP contribution in [0.5, 0.6) is 0 Å². The van der Waals surface area contributed by atoms with Crippen LogP contribution in [0.2, 0.25) is 0 Å². The van der Waals surface area contributed by atoms with Crippen LogP contribution >= 0.6 is 15.9 Å². The summed E-state index contributed by atoms with van der Waals surface area (Å²) in [6.45, 7) is 3.47. The molecule has 5 nitrogen and oxygen atoms in total. The number of rotatable bonds is 8. The van der Waals surface area contributed by atoms with E-state index < -0.39 is 0 Å². The van der Waals surface area contributed by atoms with Crippen molar-refractivity contribution in [3.63, 3.8) is 0 Å². The Balaban J connectivity index is 2.30. The van der Waals surface area contributed by atoms with Gasteiger partial charge in [-0.25, -0.2) is 0 Å². The monoisotopic (exact) mass is 370 g/mol. The van der Waals surface area contributed by atoms with E-state index in [2.05, 4.69) is 26.6 Å².